The van der Waals surface area contributed by atoms with E-state index in [-0.39, 0.29) is 17.9 Å². The molecule has 0 fully saturated rings. The summed E-state index contributed by atoms with van der Waals surface area (Å²) >= 11 is 0. The van der Waals surface area contributed by atoms with Crippen molar-refractivity contribution in [2.75, 3.05) is 0 Å². The molecule has 0 aliphatic heterocycles. The normalized spacial score (nSPS) is 12.1. The molecule has 0 saturated heterocycles. The van der Waals surface area contributed by atoms with Gasteiger partial charge in [0.2, 0.25) is 0 Å². The predicted octanol–water partition coefficient (Wildman–Crippen LogP) is 4.96. The molecule has 2 heterocycles. The number of aromatic nitrogens is 5. The number of hydrogen-bond acceptors (Lipinski definition) is 5. The zero-order valence-corrected chi connectivity index (χ0v) is 19.6. The molecule has 1 unspecified atom stereocenters. The summed E-state index contributed by atoms with van der Waals surface area (Å²) in [7, 11) is 0. The number of nitrogens with zero attached hydrogens (tertiary/aromatic N) is 5. The minimum absolute atomic E-state index is 0.134. The van der Waals surface area contributed by atoms with Crippen LogP contribution in [-0.4, -0.2) is 31.1 Å². The van der Waals surface area contributed by atoms with Gasteiger partial charge in [-0.15, -0.1) is 5.10 Å². The zero-order valence-electron chi connectivity index (χ0n) is 19.6. The van der Waals surface area contributed by atoms with Crippen molar-refractivity contribution in [2.24, 2.45) is 0 Å². The third-order valence-corrected chi connectivity index (χ3v) is 5.59. The maximum absolute atomic E-state index is 13.3. The smallest absolute Gasteiger partial charge is 0.251 e. The minimum atomic E-state index is -0.162. The second-order valence-corrected chi connectivity index (χ2v) is 8.66. The lowest BCUT2D eigenvalue weighted by atomic mass is 10.00. The van der Waals surface area contributed by atoms with Crippen molar-refractivity contribution in [1.82, 2.24) is 30.5 Å². The van der Waals surface area contributed by atoms with Crippen LogP contribution in [0.1, 0.15) is 65.7 Å². The van der Waals surface area contributed by atoms with Crippen LogP contribution in [0.3, 0.4) is 0 Å². The summed E-state index contributed by atoms with van der Waals surface area (Å²) in [5.41, 5.74) is 6.34. The van der Waals surface area contributed by atoms with Gasteiger partial charge in [-0.3, -0.25) is 9.78 Å². The van der Waals surface area contributed by atoms with Crippen LogP contribution in [0.25, 0.3) is 16.8 Å². The number of rotatable bonds is 6. The van der Waals surface area contributed by atoms with Gasteiger partial charge in [-0.1, -0.05) is 43.7 Å². The summed E-state index contributed by atoms with van der Waals surface area (Å²) in [5.74, 6) is 0.713. The molecule has 7 heteroatoms. The topological polar surface area (TPSA) is 85.6 Å². The molecule has 2 aromatic heterocycles. The Balaban J connectivity index is 1.74. The Kier molecular flexibility index (Phi) is 6.31. The fraction of sp³-hybridized carbons (Fsp3) is 0.269. The van der Waals surface area contributed by atoms with E-state index in [2.05, 4.69) is 57.0 Å². The quantitative estimate of drug-likeness (QED) is 0.458. The SMILES string of the molecule is Cc1ccc(-c2cc(C(=O)NC(C)c3ccnc(C)c3)cc(-n3nnnc3C(C)C)c2)cc1. The second-order valence-electron chi connectivity index (χ2n) is 8.66. The molecule has 0 saturated carbocycles. The molecular formula is C26H28N6O. The van der Waals surface area contributed by atoms with Crippen molar-refractivity contribution < 1.29 is 4.79 Å². The number of amides is 1. The number of hydrogen-bond donors (Lipinski definition) is 1. The van der Waals surface area contributed by atoms with Gasteiger partial charge in [0, 0.05) is 23.4 Å². The monoisotopic (exact) mass is 440 g/mol. The van der Waals surface area contributed by atoms with Gasteiger partial charge in [0.05, 0.1) is 11.7 Å². The fourth-order valence-corrected chi connectivity index (χ4v) is 3.72. The first-order valence-corrected chi connectivity index (χ1v) is 11.1. The van der Waals surface area contributed by atoms with Gasteiger partial charge in [-0.25, -0.2) is 0 Å². The van der Waals surface area contributed by atoms with Crippen LogP contribution in [0.2, 0.25) is 0 Å². The summed E-state index contributed by atoms with van der Waals surface area (Å²) in [6, 6.07) is 17.7. The number of tetrazole rings is 1. The van der Waals surface area contributed by atoms with Crippen LogP contribution in [0, 0.1) is 13.8 Å². The van der Waals surface area contributed by atoms with Gasteiger partial charge >= 0.3 is 0 Å². The molecular weight excluding hydrogens is 412 g/mol. The minimum Gasteiger partial charge on any atom is -0.346 e. The Labute approximate surface area is 193 Å². The molecule has 0 bridgehead atoms. The summed E-state index contributed by atoms with van der Waals surface area (Å²) in [4.78, 5) is 17.5. The maximum Gasteiger partial charge on any atom is 0.251 e. The van der Waals surface area contributed by atoms with Gasteiger partial charge in [-0.2, -0.15) is 4.68 Å². The van der Waals surface area contributed by atoms with E-state index >= 15 is 0 Å². The molecule has 4 aromatic rings. The molecule has 1 N–H and O–H groups in total. The summed E-state index contributed by atoms with van der Waals surface area (Å²) in [6.07, 6.45) is 1.76. The molecule has 2 aromatic carbocycles. The fourth-order valence-electron chi connectivity index (χ4n) is 3.72. The first-order valence-electron chi connectivity index (χ1n) is 11.1. The third kappa shape index (κ3) is 4.98. The number of aryl methyl sites for hydroxylation is 2. The van der Waals surface area contributed by atoms with Crippen molar-refractivity contribution in [2.45, 2.75) is 46.6 Å². The Morgan fingerprint density at radius 2 is 1.70 bits per heavy atom. The van der Waals surface area contributed by atoms with E-state index in [1.165, 1.54) is 5.56 Å². The van der Waals surface area contributed by atoms with Gasteiger partial charge in [0.25, 0.3) is 5.91 Å². The molecule has 0 radical (unpaired) electrons. The average molecular weight is 441 g/mol. The number of carbonyl (C=O) groups excluding carboxylic acids is 1. The molecule has 0 aliphatic rings. The number of pyridine rings is 1. The van der Waals surface area contributed by atoms with Crippen molar-refractivity contribution in [1.29, 1.82) is 0 Å². The molecule has 0 aliphatic carbocycles. The standard InChI is InChI=1S/C26H28N6O/c1-16(2)25-29-30-31-32(25)24-14-22(20-8-6-17(3)7-9-20)13-23(15-24)26(33)28-19(5)21-10-11-27-18(4)12-21/h6-16,19H,1-5H3,(H,28,33). The summed E-state index contributed by atoms with van der Waals surface area (Å²) < 4.78 is 1.70. The Bertz CT molecular complexity index is 1280. The lowest BCUT2D eigenvalue weighted by molar-refractivity contribution is 0.0940. The molecule has 0 spiro atoms. The first kappa shape index (κ1) is 22.3. The average Bonchev–Trinajstić information content (AvgIpc) is 3.30. The Morgan fingerprint density at radius 1 is 0.939 bits per heavy atom. The third-order valence-electron chi connectivity index (χ3n) is 5.59. The highest BCUT2D eigenvalue weighted by Crippen LogP contribution is 2.26. The van der Waals surface area contributed by atoms with Crippen LogP contribution in [0.5, 0.6) is 0 Å². The van der Waals surface area contributed by atoms with Crippen molar-refractivity contribution in [3.8, 4) is 16.8 Å². The first-order chi connectivity index (χ1) is 15.8. The van der Waals surface area contributed by atoms with E-state index in [9.17, 15) is 4.79 Å². The largest absolute Gasteiger partial charge is 0.346 e. The molecule has 7 nitrogen and oxygen atoms in total. The Hall–Kier alpha value is -3.87. The van der Waals surface area contributed by atoms with Crippen LogP contribution in [0.4, 0.5) is 0 Å². The molecule has 1 amide bonds. The number of carbonyl (C=O) groups is 1. The van der Waals surface area contributed by atoms with E-state index in [0.29, 0.717) is 5.56 Å². The van der Waals surface area contributed by atoms with Gasteiger partial charge in [-0.05, 0) is 78.2 Å². The van der Waals surface area contributed by atoms with E-state index < -0.39 is 0 Å². The lowest BCUT2D eigenvalue weighted by Crippen LogP contribution is -2.27. The second kappa shape index (κ2) is 9.32. The van der Waals surface area contributed by atoms with Gasteiger partial charge in [0.15, 0.2) is 5.82 Å². The highest BCUT2D eigenvalue weighted by molar-refractivity contribution is 5.96. The van der Waals surface area contributed by atoms with Crippen LogP contribution in [-0.2, 0) is 0 Å². The van der Waals surface area contributed by atoms with E-state index in [4.69, 9.17) is 0 Å². The van der Waals surface area contributed by atoms with Crippen molar-refractivity contribution in [3.05, 3.63) is 89.0 Å². The van der Waals surface area contributed by atoms with Crippen molar-refractivity contribution >= 4 is 5.91 Å². The molecule has 33 heavy (non-hydrogen) atoms. The van der Waals surface area contributed by atoms with Crippen molar-refractivity contribution in [3.63, 3.8) is 0 Å². The Morgan fingerprint density at radius 3 is 2.39 bits per heavy atom. The van der Waals surface area contributed by atoms with Crippen LogP contribution < -0.4 is 5.32 Å². The number of nitrogens with one attached hydrogen (secondary N) is 1. The molecule has 1 atom stereocenters. The maximum atomic E-state index is 13.3. The van der Waals surface area contributed by atoms with E-state index in [1.54, 1.807) is 10.9 Å². The highest BCUT2D eigenvalue weighted by Gasteiger charge is 2.18. The summed E-state index contributed by atoms with van der Waals surface area (Å²) in [6.45, 7) is 10.0. The zero-order chi connectivity index (χ0) is 23.5. The van der Waals surface area contributed by atoms with Crippen LogP contribution in [0.15, 0.2) is 60.8 Å². The van der Waals surface area contributed by atoms with E-state index in [1.807, 2.05) is 58.0 Å². The van der Waals surface area contributed by atoms with Crippen LogP contribution >= 0.6 is 0 Å². The van der Waals surface area contributed by atoms with E-state index in [0.717, 1.165) is 33.9 Å². The lowest BCUT2D eigenvalue weighted by Gasteiger charge is -2.16. The number of benzene rings is 2. The molecule has 4 rings (SSSR count). The highest BCUT2D eigenvalue weighted by atomic mass is 16.1. The molecule has 168 valence electrons. The predicted molar refractivity (Wildman–Crippen MR) is 128 cm³/mol. The van der Waals surface area contributed by atoms with Gasteiger partial charge in [0.1, 0.15) is 0 Å². The van der Waals surface area contributed by atoms with Gasteiger partial charge < -0.3 is 5.32 Å². The summed E-state index contributed by atoms with van der Waals surface area (Å²) in [5, 5.41) is 15.3.